The van der Waals surface area contributed by atoms with Crippen LogP contribution in [0.25, 0.3) is 11.1 Å². The van der Waals surface area contributed by atoms with Gasteiger partial charge in [-0.05, 0) is 42.7 Å². The third-order valence-corrected chi connectivity index (χ3v) is 4.27. The summed E-state index contributed by atoms with van der Waals surface area (Å²) >= 11 is 6.99. The monoisotopic (exact) mass is 347 g/mol. The van der Waals surface area contributed by atoms with Gasteiger partial charge in [-0.1, -0.05) is 23.2 Å². The van der Waals surface area contributed by atoms with Gasteiger partial charge in [0.2, 0.25) is 0 Å². The molecule has 1 N–H and O–H groups in total. The summed E-state index contributed by atoms with van der Waals surface area (Å²) in [5.74, 6) is -0.884. The van der Waals surface area contributed by atoms with Gasteiger partial charge >= 0.3 is 0 Å². The number of pyridine rings is 1. The van der Waals surface area contributed by atoms with Gasteiger partial charge in [0.25, 0.3) is 5.91 Å². The lowest BCUT2D eigenvalue weighted by Crippen LogP contribution is -2.12. The van der Waals surface area contributed by atoms with Gasteiger partial charge in [0, 0.05) is 22.3 Å². The fraction of sp³-hybridized carbons (Fsp3) is 0.0625. The van der Waals surface area contributed by atoms with Crippen molar-refractivity contribution >= 4 is 34.9 Å². The maximum absolute atomic E-state index is 13.3. The van der Waals surface area contributed by atoms with E-state index in [0.29, 0.717) is 10.8 Å². The zero-order valence-corrected chi connectivity index (χ0v) is 13.6. The molecule has 0 bridgehead atoms. The number of halogens is 2. The number of hydrogen-bond acceptors (Lipinski definition) is 4. The third kappa shape index (κ3) is 3.38. The lowest BCUT2D eigenvalue weighted by atomic mass is 10.1. The molecule has 2 heterocycles. The van der Waals surface area contributed by atoms with E-state index in [1.165, 1.54) is 0 Å². The first kappa shape index (κ1) is 15.6. The van der Waals surface area contributed by atoms with Crippen LogP contribution in [-0.4, -0.2) is 15.3 Å². The molecule has 0 atom stereocenters. The molecule has 0 aliphatic rings. The predicted octanol–water partition coefficient (Wildman–Crippen LogP) is 4.56. The van der Waals surface area contributed by atoms with Crippen LogP contribution in [-0.2, 0) is 0 Å². The number of nitrogens with zero attached hydrogens (tertiary/aromatic N) is 2. The minimum absolute atomic E-state index is 0.0717. The lowest BCUT2D eigenvalue weighted by Gasteiger charge is -2.07. The van der Waals surface area contributed by atoms with E-state index in [4.69, 9.17) is 11.6 Å². The molecule has 2 aromatic heterocycles. The molecule has 1 amide bonds. The molecule has 23 heavy (non-hydrogen) atoms. The van der Waals surface area contributed by atoms with Gasteiger partial charge in [-0.15, -0.1) is 0 Å². The smallest absolute Gasteiger partial charge is 0.271 e. The second-order valence-corrected chi connectivity index (χ2v) is 6.08. The molecule has 0 fully saturated rings. The van der Waals surface area contributed by atoms with Gasteiger partial charge in [-0.2, -0.15) is 4.37 Å². The number of benzene rings is 1. The molecule has 0 radical (unpaired) electrons. The molecule has 0 saturated heterocycles. The highest BCUT2D eigenvalue weighted by molar-refractivity contribution is 7.08. The first-order chi connectivity index (χ1) is 11.0. The van der Waals surface area contributed by atoms with Crippen molar-refractivity contribution in [3.63, 3.8) is 0 Å². The molecule has 116 valence electrons. The van der Waals surface area contributed by atoms with Crippen LogP contribution in [0.4, 0.5) is 10.2 Å². The summed E-state index contributed by atoms with van der Waals surface area (Å²) in [6.07, 6.45) is 2.62. The molecule has 0 unspecified atom stereocenters. The van der Waals surface area contributed by atoms with Gasteiger partial charge in [0.05, 0.1) is 6.20 Å². The van der Waals surface area contributed by atoms with E-state index < -0.39 is 11.7 Å². The van der Waals surface area contributed by atoms with E-state index in [1.807, 2.05) is 25.1 Å². The molecule has 4 nitrogen and oxygen atoms in total. The second-order valence-electron chi connectivity index (χ2n) is 4.87. The maximum atomic E-state index is 13.3. The molecule has 0 aliphatic heterocycles. The van der Waals surface area contributed by atoms with Crippen LogP contribution in [0, 0.1) is 12.7 Å². The Morgan fingerprint density at radius 2 is 2.09 bits per heavy atom. The highest BCUT2D eigenvalue weighted by Crippen LogP contribution is 2.28. The van der Waals surface area contributed by atoms with Gasteiger partial charge < -0.3 is 5.32 Å². The van der Waals surface area contributed by atoms with E-state index in [1.54, 1.807) is 18.3 Å². The average molecular weight is 348 g/mol. The van der Waals surface area contributed by atoms with Crippen LogP contribution in [0.5, 0.6) is 0 Å². The van der Waals surface area contributed by atoms with E-state index >= 15 is 0 Å². The largest absolute Gasteiger partial charge is 0.306 e. The molecule has 3 rings (SSSR count). The molecule has 0 spiro atoms. The van der Waals surface area contributed by atoms with Crippen LogP contribution >= 0.6 is 23.1 Å². The normalized spacial score (nSPS) is 10.6. The molecular weight excluding hydrogens is 337 g/mol. The van der Waals surface area contributed by atoms with Gasteiger partial charge in [-0.25, -0.2) is 9.37 Å². The summed E-state index contributed by atoms with van der Waals surface area (Å²) in [6, 6.07) is 9.16. The molecule has 1 aromatic carbocycles. The number of carbonyl (C=O) groups is 1. The Hall–Kier alpha value is -2.31. The SMILES string of the molecule is Cc1ccc(Cl)c(-c2ccc(NC(=O)c3sncc3F)nc2)c1. The molecule has 7 heteroatoms. The Labute approximate surface area is 141 Å². The summed E-state index contributed by atoms with van der Waals surface area (Å²) in [6.45, 7) is 1.98. The zero-order valence-electron chi connectivity index (χ0n) is 12.0. The standard InChI is InChI=1S/C16H11ClFN3OS/c1-9-2-4-12(17)11(6-9)10-3-5-14(19-7-10)21-16(22)15-13(18)8-20-23-15/h2-8H,1H3,(H,19,21,22). The summed E-state index contributed by atoms with van der Waals surface area (Å²) in [7, 11) is 0. The van der Waals surface area contributed by atoms with E-state index in [2.05, 4.69) is 14.7 Å². The molecule has 0 saturated carbocycles. The van der Waals surface area contributed by atoms with Crippen molar-refractivity contribution in [1.29, 1.82) is 0 Å². The van der Waals surface area contributed by atoms with Gasteiger partial charge in [0.1, 0.15) is 10.7 Å². The van der Waals surface area contributed by atoms with Crippen molar-refractivity contribution in [1.82, 2.24) is 9.36 Å². The Balaban J connectivity index is 1.81. The number of rotatable bonds is 3. The van der Waals surface area contributed by atoms with E-state index in [9.17, 15) is 9.18 Å². The predicted molar refractivity (Wildman–Crippen MR) is 89.4 cm³/mol. The van der Waals surface area contributed by atoms with E-state index in [-0.39, 0.29) is 4.88 Å². The topological polar surface area (TPSA) is 54.9 Å². The summed E-state index contributed by atoms with van der Waals surface area (Å²) in [5.41, 5.74) is 2.79. The first-order valence-electron chi connectivity index (χ1n) is 6.68. The molecular formula is C16H11ClFN3OS. The number of amides is 1. The van der Waals surface area contributed by atoms with Crippen LogP contribution in [0.15, 0.2) is 42.7 Å². The summed E-state index contributed by atoms with van der Waals surface area (Å²) < 4.78 is 16.9. The number of nitrogens with one attached hydrogen (secondary N) is 1. The first-order valence-corrected chi connectivity index (χ1v) is 7.84. The number of aryl methyl sites for hydroxylation is 1. The van der Waals surface area contributed by atoms with Crippen LogP contribution in [0.1, 0.15) is 15.2 Å². The highest BCUT2D eigenvalue weighted by atomic mass is 35.5. The maximum Gasteiger partial charge on any atom is 0.271 e. The summed E-state index contributed by atoms with van der Waals surface area (Å²) in [5, 5.41) is 3.16. The highest BCUT2D eigenvalue weighted by Gasteiger charge is 2.15. The minimum Gasteiger partial charge on any atom is -0.306 e. The molecule has 0 aliphatic carbocycles. The minimum atomic E-state index is -0.643. The fourth-order valence-electron chi connectivity index (χ4n) is 2.04. The number of anilines is 1. The lowest BCUT2D eigenvalue weighted by molar-refractivity contribution is 0.102. The van der Waals surface area contributed by atoms with Gasteiger partial charge in [-0.3, -0.25) is 4.79 Å². The number of hydrogen-bond donors (Lipinski definition) is 1. The Morgan fingerprint density at radius 3 is 2.74 bits per heavy atom. The number of aromatic nitrogens is 2. The third-order valence-electron chi connectivity index (χ3n) is 3.17. The molecule has 3 aromatic rings. The van der Waals surface area contributed by atoms with Crippen LogP contribution in [0.3, 0.4) is 0 Å². The van der Waals surface area contributed by atoms with Crippen LogP contribution < -0.4 is 5.32 Å². The Morgan fingerprint density at radius 1 is 1.26 bits per heavy atom. The quantitative estimate of drug-likeness (QED) is 0.755. The van der Waals surface area contributed by atoms with Crippen molar-refractivity contribution in [3.05, 3.63) is 64.0 Å². The van der Waals surface area contributed by atoms with E-state index in [0.717, 1.165) is 34.4 Å². The second kappa shape index (κ2) is 6.44. The Kier molecular flexibility index (Phi) is 4.36. The van der Waals surface area contributed by atoms with Crippen molar-refractivity contribution in [2.24, 2.45) is 0 Å². The zero-order chi connectivity index (χ0) is 16.4. The van der Waals surface area contributed by atoms with Crippen LogP contribution in [0.2, 0.25) is 5.02 Å². The summed E-state index contributed by atoms with van der Waals surface area (Å²) in [4.78, 5) is 16.0. The van der Waals surface area contributed by atoms with Gasteiger partial charge in [0.15, 0.2) is 5.82 Å². The van der Waals surface area contributed by atoms with Crippen molar-refractivity contribution < 1.29 is 9.18 Å². The average Bonchev–Trinajstić information content (AvgIpc) is 2.97. The fourth-order valence-corrected chi connectivity index (χ4v) is 2.79. The Bertz CT molecular complexity index is 864. The van der Waals surface area contributed by atoms with Crippen molar-refractivity contribution in [2.75, 3.05) is 5.32 Å². The van der Waals surface area contributed by atoms with Crippen molar-refractivity contribution in [2.45, 2.75) is 6.92 Å². The van der Waals surface area contributed by atoms with Crippen molar-refractivity contribution in [3.8, 4) is 11.1 Å². The number of carbonyl (C=O) groups excluding carboxylic acids is 1.